The van der Waals surface area contributed by atoms with E-state index < -0.39 is 6.29 Å². The Morgan fingerprint density at radius 1 is 1.30 bits per heavy atom. The smallest absolute Gasteiger partial charge is 0.395 e. The van der Waals surface area contributed by atoms with Gasteiger partial charge in [-0.15, -0.1) is 25.2 Å². The van der Waals surface area contributed by atoms with Crippen LogP contribution in [0.2, 0.25) is 0 Å². The van der Waals surface area contributed by atoms with E-state index in [1.54, 1.807) is 16.0 Å². The van der Waals surface area contributed by atoms with E-state index in [-0.39, 0.29) is 23.2 Å². The van der Waals surface area contributed by atoms with Crippen molar-refractivity contribution in [2.24, 2.45) is 0 Å². The largest absolute Gasteiger partial charge is 0.586 e. The number of tetrazole rings is 1. The summed E-state index contributed by atoms with van der Waals surface area (Å²) in [7, 11) is 0. The first-order chi connectivity index (χ1) is 13.0. The van der Waals surface area contributed by atoms with Crippen LogP contribution in [0.4, 0.5) is 14.5 Å². The summed E-state index contributed by atoms with van der Waals surface area (Å²) < 4.78 is 36.3. The molecule has 0 aliphatic carbocycles. The summed E-state index contributed by atoms with van der Waals surface area (Å²) in [5.41, 5.74) is 0.318. The standard InChI is InChI=1S/C15H11F2N5O3S2/c16-15(17)24-11-4-3-9(6-12(11)25-15)18-13(23)8-27-14-19-20-21-22(14)7-10-2-1-5-26-10/h1-6H,7-8H2,(H,18,23). The van der Waals surface area contributed by atoms with Crippen molar-refractivity contribution in [1.82, 2.24) is 20.2 Å². The van der Waals surface area contributed by atoms with Gasteiger partial charge in [-0.25, -0.2) is 4.68 Å². The maximum Gasteiger partial charge on any atom is 0.586 e. The molecule has 1 aliphatic heterocycles. The number of ether oxygens (including phenoxy) is 2. The highest BCUT2D eigenvalue weighted by atomic mass is 32.2. The second-order valence-corrected chi connectivity index (χ2v) is 7.34. The third-order valence-corrected chi connectivity index (χ3v) is 5.22. The fourth-order valence-corrected chi connectivity index (χ4v) is 3.67. The van der Waals surface area contributed by atoms with Crippen molar-refractivity contribution in [1.29, 1.82) is 0 Å². The Kier molecular flexibility index (Phi) is 4.66. The minimum Gasteiger partial charge on any atom is -0.395 e. The molecule has 1 amide bonds. The monoisotopic (exact) mass is 411 g/mol. The number of benzene rings is 1. The Balaban J connectivity index is 1.34. The molecule has 0 radical (unpaired) electrons. The quantitative estimate of drug-likeness (QED) is 0.624. The summed E-state index contributed by atoms with van der Waals surface area (Å²) in [6, 6.07) is 7.94. The first kappa shape index (κ1) is 17.7. The van der Waals surface area contributed by atoms with Gasteiger partial charge in [0.1, 0.15) is 0 Å². The first-order valence-electron chi connectivity index (χ1n) is 7.60. The minimum atomic E-state index is -3.69. The summed E-state index contributed by atoms with van der Waals surface area (Å²) in [5.74, 6) is -0.503. The number of fused-ring (bicyclic) bond motifs is 1. The number of amides is 1. The number of rotatable bonds is 6. The predicted molar refractivity (Wildman–Crippen MR) is 93.2 cm³/mol. The molecular weight excluding hydrogens is 400 g/mol. The van der Waals surface area contributed by atoms with Gasteiger partial charge in [-0.05, 0) is 34.0 Å². The highest BCUT2D eigenvalue weighted by molar-refractivity contribution is 7.99. The second kappa shape index (κ2) is 7.12. The van der Waals surface area contributed by atoms with Crippen LogP contribution in [0.1, 0.15) is 4.88 Å². The Bertz CT molecular complexity index is 964. The van der Waals surface area contributed by atoms with Crippen LogP contribution in [-0.2, 0) is 11.3 Å². The van der Waals surface area contributed by atoms with E-state index in [0.29, 0.717) is 17.4 Å². The van der Waals surface area contributed by atoms with Crippen molar-refractivity contribution in [3.05, 3.63) is 40.6 Å². The van der Waals surface area contributed by atoms with Crippen LogP contribution < -0.4 is 14.8 Å². The molecule has 12 heteroatoms. The Morgan fingerprint density at radius 2 is 2.15 bits per heavy atom. The number of alkyl halides is 2. The van der Waals surface area contributed by atoms with E-state index in [1.165, 1.54) is 30.0 Å². The van der Waals surface area contributed by atoms with Crippen molar-refractivity contribution < 1.29 is 23.0 Å². The normalized spacial score (nSPS) is 14.3. The van der Waals surface area contributed by atoms with Gasteiger partial charge < -0.3 is 14.8 Å². The maximum atomic E-state index is 13.0. The molecule has 3 aromatic rings. The average Bonchev–Trinajstić information content (AvgIpc) is 3.32. The predicted octanol–water partition coefficient (Wildman–Crippen LogP) is 2.84. The zero-order valence-electron chi connectivity index (χ0n) is 13.5. The van der Waals surface area contributed by atoms with Gasteiger partial charge in [0.05, 0.1) is 12.3 Å². The lowest BCUT2D eigenvalue weighted by atomic mass is 10.3. The van der Waals surface area contributed by atoms with Gasteiger partial charge in [-0.3, -0.25) is 4.79 Å². The first-order valence-corrected chi connectivity index (χ1v) is 9.46. The van der Waals surface area contributed by atoms with Crippen molar-refractivity contribution in [3.8, 4) is 11.5 Å². The SMILES string of the molecule is O=C(CSc1nnnn1Cc1cccs1)Nc1ccc2c(c1)OC(F)(F)O2. The zero-order valence-corrected chi connectivity index (χ0v) is 15.1. The molecule has 0 fully saturated rings. The van der Waals surface area contributed by atoms with Crippen molar-refractivity contribution >= 4 is 34.7 Å². The molecule has 27 heavy (non-hydrogen) atoms. The van der Waals surface area contributed by atoms with Gasteiger partial charge in [0.2, 0.25) is 11.1 Å². The van der Waals surface area contributed by atoms with Gasteiger partial charge in [0, 0.05) is 16.6 Å². The summed E-state index contributed by atoms with van der Waals surface area (Å²) in [6.07, 6.45) is -3.69. The van der Waals surface area contributed by atoms with E-state index in [2.05, 4.69) is 30.3 Å². The highest BCUT2D eigenvalue weighted by Gasteiger charge is 2.43. The Labute approximate surface area is 159 Å². The van der Waals surface area contributed by atoms with Gasteiger partial charge in [0.15, 0.2) is 11.5 Å². The highest BCUT2D eigenvalue weighted by Crippen LogP contribution is 2.42. The zero-order chi connectivity index (χ0) is 18.9. The molecule has 4 rings (SSSR count). The van der Waals surface area contributed by atoms with Crippen LogP contribution in [0.15, 0.2) is 40.9 Å². The second-order valence-electron chi connectivity index (χ2n) is 5.36. The molecule has 0 unspecified atom stereocenters. The number of nitrogens with zero attached hydrogens (tertiary/aromatic N) is 4. The lowest BCUT2D eigenvalue weighted by Crippen LogP contribution is -2.25. The van der Waals surface area contributed by atoms with Crippen LogP contribution in [0.25, 0.3) is 0 Å². The summed E-state index contributed by atoms with van der Waals surface area (Å²) in [4.78, 5) is 13.2. The molecule has 1 aliphatic rings. The minimum absolute atomic E-state index is 0.0510. The molecule has 0 saturated carbocycles. The van der Waals surface area contributed by atoms with Gasteiger partial charge in [0.25, 0.3) is 0 Å². The number of hydrogen-bond acceptors (Lipinski definition) is 8. The molecule has 1 aromatic carbocycles. The van der Waals surface area contributed by atoms with Crippen molar-refractivity contribution in [3.63, 3.8) is 0 Å². The van der Waals surface area contributed by atoms with E-state index in [4.69, 9.17) is 0 Å². The molecule has 8 nitrogen and oxygen atoms in total. The molecule has 3 heterocycles. The molecule has 0 spiro atoms. The summed E-state index contributed by atoms with van der Waals surface area (Å²) >= 11 is 2.76. The summed E-state index contributed by atoms with van der Waals surface area (Å²) in [6.45, 7) is 0.519. The van der Waals surface area contributed by atoms with Crippen molar-refractivity contribution in [2.75, 3.05) is 11.1 Å². The Hall–Kier alpha value is -2.73. The lowest BCUT2D eigenvalue weighted by Gasteiger charge is -2.06. The van der Waals surface area contributed by atoms with Crippen LogP contribution in [0, 0.1) is 0 Å². The third kappa shape index (κ3) is 4.17. The molecular formula is C15H11F2N5O3S2. The number of halogens is 2. The number of anilines is 1. The number of hydrogen-bond donors (Lipinski definition) is 1. The van der Waals surface area contributed by atoms with Crippen LogP contribution >= 0.6 is 23.1 Å². The number of carbonyl (C=O) groups excluding carboxylic acids is 1. The molecule has 0 bridgehead atoms. The molecule has 0 saturated heterocycles. The summed E-state index contributed by atoms with van der Waals surface area (Å²) in [5, 5.41) is 16.5. The van der Waals surface area contributed by atoms with E-state index >= 15 is 0 Å². The molecule has 2 aromatic heterocycles. The number of aromatic nitrogens is 4. The van der Waals surface area contributed by atoms with Gasteiger partial charge in [-0.2, -0.15) is 0 Å². The van der Waals surface area contributed by atoms with Crippen LogP contribution in [0.5, 0.6) is 11.5 Å². The lowest BCUT2D eigenvalue weighted by molar-refractivity contribution is -0.286. The number of thiophene rings is 1. The topological polar surface area (TPSA) is 91.2 Å². The molecule has 140 valence electrons. The molecule has 0 atom stereocenters. The third-order valence-electron chi connectivity index (χ3n) is 3.40. The fraction of sp³-hybridized carbons (Fsp3) is 0.200. The van der Waals surface area contributed by atoms with Crippen LogP contribution in [-0.4, -0.2) is 38.2 Å². The average molecular weight is 411 g/mol. The fourth-order valence-electron chi connectivity index (χ4n) is 2.30. The van der Waals surface area contributed by atoms with E-state index in [9.17, 15) is 13.6 Å². The number of carbonyl (C=O) groups is 1. The Morgan fingerprint density at radius 3 is 2.96 bits per heavy atom. The maximum absolute atomic E-state index is 13.0. The van der Waals surface area contributed by atoms with E-state index in [1.807, 2.05) is 17.5 Å². The van der Waals surface area contributed by atoms with E-state index in [0.717, 1.165) is 4.88 Å². The van der Waals surface area contributed by atoms with Gasteiger partial charge in [-0.1, -0.05) is 17.8 Å². The number of thioether (sulfide) groups is 1. The van der Waals surface area contributed by atoms with Gasteiger partial charge >= 0.3 is 6.29 Å². The molecule has 1 N–H and O–H groups in total. The van der Waals surface area contributed by atoms with Crippen molar-refractivity contribution in [2.45, 2.75) is 18.0 Å². The number of nitrogens with one attached hydrogen (secondary N) is 1. The van der Waals surface area contributed by atoms with Crippen LogP contribution in [0.3, 0.4) is 0 Å².